The van der Waals surface area contributed by atoms with E-state index in [9.17, 15) is 4.79 Å². The molecule has 1 N–H and O–H groups in total. The summed E-state index contributed by atoms with van der Waals surface area (Å²) in [6, 6.07) is 8.51. The number of rotatable bonds is 5. The van der Waals surface area contributed by atoms with Gasteiger partial charge in [0, 0.05) is 32.1 Å². The molecule has 1 heterocycles. The summed E-state index contributed by atoms with van der Waals surface area (Å²) in [6.07, 6.45) is 0.600. The van der Waals surface area contributed by atoms with Crippen molar-refractivity contribution in [3.63, 3.8) is 0 Å². The number of ether oxygens (including phenoxy) is 1. The maximum absolute atomic E-state index is 11.6. The highest BCUT2D eigenvalue weighted by atomic mass is 16.5. The van der Waals surface area contributed by atoms with E-state index in [1.165, 1.54) is 5.56 Å². The summed E-state index contributed by atoms with van der Waals surface area (Å²) in [5.41, 5.74) is 2.45. The molecule has 122 valence electrons. The van der Waals surface area contributed by atoms with Crippen LogP contribution in [0.2, 0.25) is 0 Å². The summed E-state index contributed by atoms with van der Waals surface area (Å²) >= 11 is 0. The van der Waals surface area contributed by atoms with Gasteiger partial charge in [-0.15, -0.1) is 0 Å². The van der Waals surface area contributed by atoms with Crippen molar-refractivity contribution in [2.45, 2.75) is 53.0 Å². The van der Waals surface area contributed by atoms with E-state index in [4.69, 9.17) is 4.74 Å². The number of morpholine rings is 1. The van der Waals surface area contributed by atoms with E-state index in [2.05, 4.69) is 48.3 Å². The Hall–Kier alpha value is -1.39. The molecule has 0 saturated carbocycles. The minimum absolute atomic E-state index is 0.0320. The third kappa shape index (κ3) is 5.11. The highest BCUT2D eigenvalue weighted by Crippen LogP contribution is 2.14. The Balaban J connectivity index is 1.85. The second-order valence-electron chi connectivity index (χ2n) is 6.64. The molecule has 4 nitrogen and oxygen atoms in total. The zero-order valence-corrected chi connectivity index (χ0v) is 14.1. The smallest absolute Gasteiger partial charge is 0.222 e. The molecule has 1 fully saturated rings. The van der Waals surface area contributed by atoms with E-state index in [0.717, 1.165) is 25.2 Å². The molecule has 0 bridgehead atoms. The number of amides is 1. The van der Waals surface area contributed by atoms with Crippen LogP contribution in [0.1, 0.15) is 38.8 Å². The third-order valence-corrected chi connectivity index (χ3v) is 3.92. The number of hydrogen-bond donors (Lipinski definition) is 1. The topological polar surface area (TPSA) is 41.6 Å². The van der Waals surface area contributed by atoms with Gasteiger partial charge in [-0.1, -0.05) is 38.1 Å². The van der Waals surface area contributed by atoms with Crippen LogP contribution in [-0.2, 0) is 22.6 Å². The van der Waals surface area contributed by atoms with E-state index in [-0.39, 0.29) is 11.8 Å². The monoisotopic (exact) mass is 304 g/mol. The van der Waals surface area contributed by atoms with Crippen LogP contribution in [-0.4, -0.2) is 36.1 Å². The molecule has 1 saturated heterocycles. The number of hydrogen-bond acceptors (Lipinski definition) is 3. The first kappa shape index (κ1) is 17.0. The first-order chi connectivity index (χ1) is 10.4. The highest BCUT2D eigenvalue weighted by molar-refractivity contribution is 5.77. The SMILES string of the molecule is CC1CN(Cc2ccc(CNC(=O)C(C)C)cc2)CC(C)O1. The Labute approximate surface area is 133 Å². The summed E-state index contributed by atoms with van der Waals surface area (Å²) in [5.74, 6) is 0.130. The fourth-order valence-electron chi connectivity index (χ4n) is 2.83. The van der Waals surface area contributed by atoms with Gasteiger partial charge in [-0.05, 0) is 25.0 Å². The lowest BCUT2D eigenvalue weighted by molar-refractivity contribution is -0.124. The molecular weight excluding hydrogens is 276 g/mol. The van der Waals surface area contributed by atoms with Crippen LogP contribution in [0.15, 0.2) is 24.3 Å². The van der Waals surface area contributed by atoms with Crippen LogP contribution in [0.3, 0.4) is 0 Å². The average Bonchev–Trinajstić information content (AvgIpc) is 2.45. The molecule has 0 spiro atoms. The molecule has 1 aliphatic heterocycles. The molecule has 22 heavy (non-hydrogen) atoms. The van der Waals surface area contributed by atoms with Crippen LogP contribution in [0.5, 0.6) is 0 Å². The van der Waals surface area contributed by atoms with Crippen molar-refractivity contribution in [2.24, 2.45) is 5.92 Å². The van der Waals surface area contributed by atoms with E-state index in [0.29, 0.717) is 18.8 Å². The Morgan fingerprint density at radius 1 is 1.18 bits per heavy atom. The molecule has 0 aromatic heterocycles. The van der Waals surface area contributed by atoms with Crippen molar-refractivity contribution in [1.29, 1.82) is 0 Å². The molecule has 1 amide bonds. The second kappa shape index (κ2) is 7.75. The normalized spacial score (nSPS) is 22.8. The zero-order chi connectivity index (χ0) is 16.1. The van der Waals surface area contributed by atoms with Gasteiger partial charge in [-0.2, -0.15) is 0 Å². The van der Waals surface area contributed by atoms with E-state index < -0.39 is 0 Å². The van der Waals surface area contributed by atoms with Crippen molar-refractivity contribution in [3.05, 3.63) is 35.4 Å². The summed E-state index contributed by atoms with van der Waals surface area (Å²) < 4.78 is 5.76. The van der Waals surface area contributed by atoms with Crippen LogP contribution >= 0.6 is 0 Å². The first-order valence-electron chi connectivity index (χ1n) is 8.17. The van der Waals surface area contributed by atoms with Gasteiger partial charge in [-0.3, -0.25) is 9.69 Å². The summed E-state index contributed by atoms with van der Waals surface area (Å²) in [7, 11) is 0. The Morgan fingerprint density at radius 3 is 2.27 bits per heavy atom. The maximum atomic E-state index is 11.6. The molecule has 1 aliphatic rings. The lowest BCUT2D eigenvalue weighted by Gasteiger charge is -2.35. The Kier molecular flexibility index (Phi) is 5.98. The van der Waals surface area contributed by atoms with Crippen LogP contribution in [0.4, 0.5) is 0 Å². The number of benzene rings is 1. The van der Waals surface area contributed by atoms with Crippen molar-refractivity contribution in [2.75, 3.05) is 13.1 Å². The largest absolute Gasteiger partial charge is 0.373 e. The van der Waals surface area contributed by atoms with Crippen LogP contribution < -0.4 is 5.32 Å². The summed E-state index contributed by atoms with van der Waals surface area (Å²) in [6.45, 7) is 11.6. The highest BCUT2D eigenvalue weighted by Gasteiger charge is 2.21. The van der Waals surface area contributed by atoms with Gasteiger partial charge in [0.15, 0.2) is 0 Å². The molecule has 4 heteroatoms. The number of nitrogens with zero attached hydrogens (tertiary/aromatic N) is 1. The van der Waals surface area contributed by atoms with Crippen molar-refractivity contribution in [3.8, 4) is 0 Å². The molecule has 0 aliphatic carbocycles. The van der Waals surface area contributed by atoms with Gasteiger partial charge >= 0.3 is 0 Å². The molecule has 1 aromatic rings. The van der Waals surface area contributed by atoms with Crippen molar-refractivity contribution >= 4 is 5.91 Å². The summed E-state index contributed by atoms with van der Waals surface area (Å²) in [5, 5.41) is 2.94. The van der Waals surface area contributed by atoms with E-state index in [1.54, 1.807) is 0 Å². The van der Waals surface area contributed by atoms with Gasteiger partial charge in [0.05, 0.1) is 12.2 Å². The fourth-order valence-corrected chi connectivity index (χ4v) is 2.83. The predicted molar refractivity (Wildman–Crippen MR) is 88.4 cm³/mol. The van der Waals surface area contributed by atoms with Crippen molar-refractivity contribution < 1.29 is 9.53 Å². The third-order valence-electron chi connectivity index (χ3n) is 3.92. The molecule has 0 radical (unpaired) electrons. The molecule has 2 atom stereocenters. The Bertz CT molecular complexity index is 474. The predicted octanol–water partition coefficient (Wildman–Crippen LogP) is 2.57. The second-order valence-corrected chi connectivity index (χ2v) is 6.64. The number of nitrogens with one attached hydrogen (secondary N) is 1. The number of carbonyl (C=O) groups is 1. The lowest BCUT2D eigenvalue weighted by atomic mass is 10.1. The van der Waals surface area contributed by atoms with E-state index in [1.807, 2.05) is 13.8 Å². The minimum atomic E-state index is 0.0320. The lowest BCUT2D eigenvalue weighted by Crippen LogP contribution is -2.44. The average molecular weight is 304 g/mol. The molecule has 2 rings (SSSR count). The quantitative estimate of drug-likeness (QED) is 0.909. The minimum Gasteiger partial charge on any atom is -0.373 e. The van der Waals surface area contributed by atoms with E-state index >= 15 is 0 Å². The van der Waals surface area contributed by atoms with Gasteiger partial charge in [-0.25, -0.2) is 0 Å². The van der Waals surface area contributed by atoms with Gasteiger partial charge in [0.25, 0.3) is 0 Å². The zero-order valence-electron chi connectivity index (χ0n) is 14.1. The Morgan fingerprint density at radius 2 is 1.73 bits per heavy atom. The van der Waals surface area contributed by atoms with Gasteiger partial charge < -0.3 is 10.1 Å². The first-order valence-corrected chi connectivity index (χ1v) is 8.17. The number of carbonyl (C=O) groups excluding carboxylic acids is 1. The fraction of sp³-hybridized carbons (Fsp3) is 0.611. The molecular formula is C18H28N2O2. The van der Waals surface area contributed by atoms with Crippen molar-refractivity contribution in [1.82, 2.24) is 10.2 Å². The molecule has 1 aromatic carbocycles. The van der Waals surface area contributed by atoms with Gasteiger partial charge in [0.1, 0.15) is 0 Å². The van der Waals surface area contributed by atoms with Gasteiger partial charge in [0.2, 0.25) is 5.91 Å². The summed E-state index contributed by atoms with van der Waals surface area (Å²) in [4.78, 5) is 14.0. The standard InChI is InChI=1S/C18H28N2O2/c1-13(2)18(21)19-9-16-5-7-17(8-6-16)12-20-10-14(3)22-15(4)11-20/h5-8,13-15H,9-12H2,1-4H3,(H,19,21). The van der Waals surface area contributed by atoms with Crippen LogP contribution in [0, 0.1) is 5.92 Å². The molecule has 2 unspecified atom stereocenters. The maximum Gasteiger partial charge on any atom is 0.222 e. The van der Waals surface area contributed by atoms with Crippen LogP contribution in [0.25, 0.3) is 0 Å².